The molecule has 1 aromatic carbocycles. The molecule has 0 bridgehead atoms. The van der Waals surface area contributed by atoms with Crippen LogP contribution < -0.4 is 5.32 Å². The topological polar surface area (TPSA) is 55.4 Å². The molecule has 0 heterocycles. The van der Waals surface area contributed by atoms with Crippen molar-refractivity contribution in [2.24, 2.45) is 5.92 Å². The number of hydrogen-bond donors (Lipinski definition) is 1. The van der Waals surface area contributed by atoms with Crippen LogP contribution in [0, 0.1) is 5.92 Å². The maximum absolute atomic E-state index is 12.1. The summed E-state index contributed by atoms with van der Waals surface area (Å²) in [6, 6.07) is 4.77. The van der Waals surface area contributed by atoms with E-state index in [1.807, 2.05) is 0 Å². The van der Waals surface area contributed by atoms with E-state index in [-0.39, 0.29) is 5.97 Å². The zero-order valence-corrected chi connectivity index (χ0v) is 14.6. The van der Waals surface area contributed by atoms with Crippen molar-refractivity contribution in [3.05, 3.63) is 28.2 Å². The van der Waals surface area contributed by atoms with Crippen LogP contribution >= 0.6 is 23.2 Å². The Morgan fingerprint density at radius 1 is 1.30 bits per heavy atom. The third kappa shape index (κ3) is 5.70. The number of benzene rings is 1. The van der Waals surface area contributed by atoms with Crippen LogP contribution in [0.5, 0.6) is 0 Å². The SMILES string of the molecule is CC(OC(=O)CCC1CCCC1)C(=O)Nc1ccc(Cl)cc1Cl. The molecule has 0 saturated heterocycles. The van der Waals surface area contributed by atoms with Crippen molar-refractivity contribution in [3.63, 3.8) is 0 Å². The molecule has 1 atom stereocenters. The number of esters is 1. The Morgan fingerprint density at radius 3 is 2.65 bits per heavy atom. The van der Waals surface area contributed by atoms with Gasteiger partial charge in [0.05, 0.1) is 10.7 Å². The molecule has 23 heavy (non-hydrogen) atoms. The van der Waals surface area contributed by atoms with Crippen molar-refractivity contribution in [1.29, 1.82) is 0 Å². The van der Waals surface area contributed by atoms with Gasteiger partial charge in [-0.3, -0.25) is 9.59 Å². The molecule has 1 fully saturated rings. The minimum Gasteiger partial charge on any atom is -0.453 e. The summed E-state index contributed by atoms with van der Waals surface area (Å²) in [4.78, 5) is 23.9. The fourth-order valence-corrected chi connectivity index (χ4v) is 3.21. The number of anilines is 1. The highest BCUT2D eigenvalue weighted by Crippen LogP contribution is 2.29. The molecule has 1 aromatic rings. The number of halogens is 2. The Morgan fingerprint density at radius 2 is 2.00 bits per heavy atom. The van der Waals surface area contributed by atoms with Gasteiger partial charge in [0.25, 0.3) is 5.91 Å². The number of hydrogen-bond acceptors (Lipinski definition) is 3. The molecule has 0 spiro atoms. The van der Waals surface area contributed by atoms with Crippen molar-refractivity contribution >= 4 is 40.8 Å². The summed E-state index contributed by atoms with van der Waals surface area (Å²) in [5.41, 5.74) is 0.440. The Labute approximate surface area is 146 Å². The first-order valence-electron chi connectivity index (χ1n) is 7.91. The zero-order chi connectivity index (χ0) is 16.8. The predicted molar refractivity (Wildman–Crippen MR) is 91.8 cm³/mol. The average molecular weight is 358 g/mol. The molecule has 6 heteroatoms. The minimum atomic E-state index is -0.863. The van der Waals surface area contributed by atoms with E-state index >= 15 is 0 Å². The molecule has 1 saturated carbocycles. The molecule has 0 aliphatic heterocycles. The van der Waals surface area contributed by atoms with Crippen molar-refractivity contribution in [2.75, 3.05) is 5.32 Å². The number of ether oxygens (including phenoxy) is 1. The van der Waals surface area contributed by atoms with Crippen LogP contribution in [-0.2, 0) is 14.3 Å². The third-order valence-electron chi connectivity index (χ3n) is 4.10. The largest absolute Gasteiger partial charge is 0.453 e. The molecule has 1 aliphatic rings. The smallest absolute Gasteiger partial charge is 0.306 e. The second-order valence-corrected chi connectivity index (χ2v) is 6.78. The van der Waals surface area contributed by atoms with Crippen molar-refractivity contribution in [3.8, 4) is 0 Å². The van der Waals surface area contributed by atoms with Gasteiger partial charge in [0.2, 0.25) is 0 Å². The van der Waals surface area contributed by atoms with Gasteiger partial charge in [-0.25, -0.2) is 0 Å². The first kappa shape index (κ1) is 18.1. The summed E-state index contributed by atoms with van der Waals surface area (Å²) in [5.74, 6) is -0.121. The maximum Gasteiger partial charge on any atom is 0.306 e. The average Bonchev–Trinajstić information content (AvgIpc) is 3.01. The predicted octanol–water partition coefficient (Wildman–Crippen LogP) is 4.83. The lowest BCUT2D eigenvalue weighted by Gasteiger charge is -2.15. The first-order chi connectivity index (χ1) is 11.0. The summed E-state index contributed by atoms with van der Waals surface area (Å²) in [6.45, 7) is 1.55. The van der Waals surface area contributed by atoms with E-state index < -0.39 is 12.0 Å². The summed E-state index contributed by atoms with van der Waals surface area (Å²) < 4.78 is 5.19. The molecule has 0 radical (unpaired) electrons. The quantitative estimate of drug-likeness (QED) is 0.741. The summed E-state index contributed by atoms with van der Waals surface area (Å²) in [7, 11) is 0. The molecule has 2 rings (SSSR count). The van der Waals surface area contributed by atoms with Crippen molar-refractivity contribution in [2.45, 2.75) is 51.6 Å². The minimum absolute atomic E-state index is 0.332. The van der Waals surface area contributed by atoms with E-state index in [1.54, 1.807) is 19.1 Å². The standard InChI is InChI=1S/C17H21Cl2NO3/c1-11(23-16(21)9-6-12-4-2-3-5-12)17(22)20-15-8-7-13(18)10-14(15)19/h7-8,10-12H,2-6,9H2,1H3,(H,20,22). The van der Waals surface area contributed by atoms with E-state index in [0.29, 0.717) is 28.1 Å². The molecular formula is C17H21Cl2NO3. The Balaban J connectivity index is 1.78. The molecule has 4 nitrogen and oxygen atoms in total. The summed E-state index contributed by atoms with van der Waals surface area (Å²) in [5, 5.41) is 3.46. The molecule has 1 amide bonds. The molecule has 1 unspecified atom stereocenters. The van der Waals surface area contributed by atoms with Gasteiger partial charge in [-0.05, 0) is 37.5 Å². The number of carbonyl (C=O) groups is 2. The number of amides is 1. The van der Waals surface area contributed by atoms with E-state index in [2.05, 4.69) is 5.32 Å². The van der Waals surface area contributed by atoms with Crippen LogP contribution in [0.15, 0.2) is 18.2 Å². The lowest BCUT2D eigenvalue weighted by atomic mass is 10.0. The van der Waals surface area contributed by atoms with Crippen LogP contribution in [0.3, 0.4) is 0 Å². The molecule has 126 valence electrons. The van der Waals surface area contributed by atoms with Gasteiger partial charge in [0.1, 0.15) is 0 Å². The molecule has 1 N–H and O–H groups in total. The second-order valence-electron chi connectivity index (χ2n) is 5.93. The monoisotopic (exact) mass is 357 g/mol. The highest BCUT2D eigenvalue weighted by atomic mass is 35.5. The lowest BCUT2D eigenvalue weighted by Crippen LogP contribution is -2.30. The van der Waals surface area contributed by atoms with Gasteiger partial charge in [-0.15, -0.1) is 0 Å². The lowest BCUT2D eigenvalue weighted by molar-refractivity contribution is -0.153. The fourth-order valence-electron chi connectivity index (χ4n) is 2.76. The highest BCUT2D eigenvalue weighted by Gasteiger charge is 2.21. The number of rotatable bonds is 6. The van der Waals surface area contributed by atoms with Gasteiger partial charge in [0, 0.05) is 11.4 Å². The number of nitrogens with one attached hydrogen (secondary N) is 1. The van der Waals surface area contributed by atoms with E-state index in [1.165, 1.54) is 31.7 Å². The second kappa shape index (κ2) is 8.55. The van der Waals surface area contributed by atoms with Gasteiger partial charge in [-0.1, -0.05) is 48.9 Å². The van der Waals surface area contributed by atoms with Crippen LogP contribution in [-0.4, -0.2) is 18.0 Å². The molecular weight excluding hydrogens is 337 g/mol. The van der Waals surface area contributed by atoms with E-state index in [4.69, 9.17) is 27.9 Å². The van der Waals surface area contributed by atoms with Crippen LogP contribution in [0.25, 0.3) is 0 Å². The highest BCUT2D eigenvalue weighted by molar-refractivity contribution is 6.36. The number of carbonyl (C=O) groups excluding carboxylic acids is 2. The zero-order valence-electron chi connectivity index (χ0n) is 13.1. The van der Waals surface area contributed by atoms with Crippen molar-refractivity contribution < 1.29 is 14.3 Å². The van der Waals surface area contributed by atoms with Crippen LogP contribution in [0.1, 0.15) is 45.4 Å². The van der Waals surface area contributed by atoms with Crippen molar-refractivity contribution in [1.82, 2.24) is 0 Å². The Kier molecular flexibility index (Phi) is 6.72. The van der Waals surface area contributed by atoms with Gasteiger partial charge >= 0.3 is 5.97 Å². The third-order valence-corrected chi connectivity index (χ3v) is 4.65. The molecule has 1 aliphatic carbocycles. The Bertz CT molecular complexity index is 571. The van der Waals surface area contributed by atoms with Gasteiger partial charge < -0.3 is 10.1 Å². The van der Waals surface area contributed by atoms with E-state index in [9.17, 15) is 9.59 Å². The summed E-state index contributed by atoms with van der Waals surface area (Å²) in [6.07, 6.45) is 5.23. The molecule has 0 aromatic heterocycles. The summed E-state index contributed by atoms with van der Waals surface area (Å²) >= 11 is 11.8. The fraction of sp³-hybridized carbons (Fsp3) is 0.529. The first-order valence-corrected chi connectivity index (χ1v) is 8.66. The maximum atomic E-state index is 12.1. The van der Waals surface area contributed by atoms with Crippen LogP contribution in [0.2, 0.25) is 10.0 Å². The normalized spacial score (nSPS) is 16.1. The van der Waals surface area contributed by atoms with E-state index in [0.717, 1.165) is 6.42 Å². The van der Waals surface area contributed by atoms with Crippen LogP contribution in [0.4, 0.5) is 5.69 Å². The Hall–Kier alpha value is -1.26. The van der Waals surface area contributed by atoms with Gasteiger partial charge in [0.15, 0.2) is 6.10 Å². The van der Waals surface area contributed by atoms with Gasteiger partial charge in [-0.2, -0.15) is 0 Å².